The van der Waals surface area contributed by atoms with Crippen LogP contribution in [-0.2, 0) is 11.3 Å². The smallest absolute Gasteiger partial charge is 0.222 e. The standard InChI is InChI=1S/C12H14BrNO2/c1-16-11-5-4-10(13)7-9(11)8-14-6-2-3-12(14)15/h4-5,7H,2-3,6,8H2,1H3. The zero-order chi connectivity index (χ0) is 11.5. The molecule has 1 heterocycles. The van der Waals surface area contributed by atoms with Crippen molar-refractivity contribution in [2.45, 2.75) is 19.4 Å². The molecule has 0 radical (unpaired) electrons. The third kappa shape index (κ3) is 2.38. The van der Waals surface area contributed by atoms with E-state index < -0.39 is 0 Å². The number of rotatable bonds is 3. The summed E-state index contributed by atoms with van der Waals surface area (Å²) in [4.78, 5) is 13.4. The van der Waals surface area contributed by atoms with Crippen LogP contribution < -0.4 is 4.74 Å². The van der Waals surface area contributed by atoms with Crippen LogP contribution in [0.3, 0.4) is 0 Å². The van der Waals surface area contributed by atoms with Gasteiger partial charge in [-0.3, -0.25) is 4.79 Å². The Morgan fingerprint density at radius 2 is 2.31 bits per heavy atom. The second-order valence-corrected chi connectivity index (χ2v) is 4.79. The average molecular weight is 284 g/mol. The lowest BCUT2D eigenvalue weighted by molar-refractivity contribution is -0.128. The number of nitrogens with zero attached hydrogens (tertiary/aromatic N) is 1. The summed E-state index contributed by atoms with van der Waals surface area (Å²) < 4.78 is 6.30. The summed E-state index contributed by atoms with van der Waals surface area (Å²) >= 11 is 3.43. The summed E-state index contributed by atoms with van der Waals surface area (Å²) in [5, 5.41) is 0. The van der Waals surface area contributed by atoms with Gasteiger partial charge in [0.05, 0.1) is 7.11 Å². The number of hydrogen-bond donors (Lipinski definition) is 0. The van der Waals surface area contributed by atoms with E-state index in [9.17, 15) is 4.79 Å². The Bertz CT molecular complexity index is 406. The molecule has 1 aliphatic rings. The van der Waals surface area contributed by atoms with Crippen molar-refractivity contribution in [2.24, 2.45) is 0 Å². The van der Waals surface area contributed by atoms with Crippen molar-refractivity contribution < 1.29 is 9.53 Å². The van der Waals surface area contributed by atoms with E-state index in [-0.39, 0.29) is 5.91 Å². The molecule has 1 saturated heterocycles. The van der Waals surface area contributed by atoms with Gasteiger partial charge < -0.3 is 9.64 Å². The van der Waals surface area contributed by atoms with E-state index in [1.807, 2.05) is 23.1 Å². The van der Waals surface area contributed by atoms with Gasteiger partial charge in [0.1, 0.15) is 5.75 Å². The maximum absolute atomic E-state index is 11.5. The number of likely N-dealkylation sites (tertiary alicyclic amines) is 1. The van der Waals surface area contributed by atoms with Crippen molar-refractivity contribution in [3.8, 4) is 5.75 Å². The van der Waals surface area contributed by atoms with Gasteiger partial charge in [-0.1, -0.05) is 15.9 Å². The fraction of sp³-hybridized carbons (Fsp3) is 0.417. The molecule has 0 aliphatic carbocycles. The fourth-order valence-corrected chi connectivity index (χ4v) is 2.36. The first kappa shape index (κ1) is 11.5. The summed E-state index contributed by atoms with van der Waals surface area (Å²) in [5.74, 6) is 1.07. The quantitative estimate of drug-likeness (QED) is 0.853. The van der Waals surface area contributed by atoms with Crippen LogP contribution in [0.15, 0.2) is 22.7 Å². The van der Waals surface area contributed by atoms with Crippen molar-refractivity contribution in [1.82, 2.24) is 4.90 Å². The van der Waals surface area contributed by atoms with Crippen LogP contribution in [0.1, 0.15) is 18.4 Å². The minimum Gasteiger partial charge on any atom is -0.496 e. The molecule has 0 saturated carbocycles. The first-order valence-corrected chi connectivity index (χ1v) is 6.10. The van der Waals surface area contributed by atoms with Gasteiger partial charge >= 0.3 is 0 Å². The van der Waals surface area contributed by atoms with Crippen LogP contribution in [-0.4, -0.2) is 24.5 Å². The highest BCUT2D eigenvalue weighted by molar-refractivity contribution is 9.10. The van der Waals surface area contributed by atoms with E-state index in [0.29, 0.717) is 13.0 Å². The number of carbonyl (C=O) groups is 1. The molecule has 16 heavy (non-hydrogen) atoms. The molecule has 0 spiro atoms. The Morgan fingerprint density at radius 3 is 2.94 bits per heavy atom. The second kappa shape index (κ2) is 4.87. The van der Waals surface area contributed by atoms with E-state index in [2.05, 4.69) is 15.9 Å². The molecule has 1 fully saturated rings. The molecular formula is C12H14BrNO2. The zero-order valence-corrected chi connectivity index (χ0v) is 10.8. The van der Waals surface area contributed by atoms with Crippen LogP contribution in [0.25, 0.3) is 0 Å². The first-order chi connectivity index (χ1) is 7.70. The summed E-state index contributed by atoms with van der Waals surface area (Å²) in [6.45, 7) is 1.50. The largest absolute Gasteiger partial charge is 0.496 e. The van der Waals surface area contributed by atoms with Crippen LogP contribution in [0, 0.1) is 0 Å². The molecule has 1 amide bonds. The highest BCUT2D eigenvalue weighted by Gasteiger charge is 2.21. The Morgan fingerprint density at radius 1 is 1.50 bits per heavy atom. The Labute approximate surface area is 104 Å². The summed E-state index contributed by atoms with van der Waals surface area (Å²) in [7, 11) is 1.65. The van der Waals surface area contributed by atoms with Gasteiger partial charge in [-0.25, -0.2) is 0 Å². The summed E-state index contributed by atoms with van der Waals surface area (Å²) in [6, 6.07) is 5.86. The van der Waals surface area contributed by atoms with Gasteiger partial charge in [0.15, 0.2) is 0 Å². The number of carbonyl (C=O) groups excluding carboxylic acids is 1. The molecule has 4 heteroatoms. The van der Waals surface area contributed by atoms with Gasteiger partial charge in [-0.15, -0.1) is 0 Å². The number of ether oxygens (including phenoxy) is 1. The van der Waals surface area contributed by atoms with E-state index >= 15 is 0 Å². The van der Waals surface area contributed by atoms with Crippen LogP contribution in [0.4, 0.5) is 0 Å². The molecule has 1 aromatic rings. The molecule has 0 bridgehead atoms. The van der Waals surface area contributed by atoms with E-state index in [1.165, 1.54) is 0 Å². The minimum atomic E-state index is 0.238. The zero-order valence-electron chi connectivity index (χ0n) is 9.20. The lowest BCUT2D eigenvalue weighted by Crippen LogP contribution is -2.24. The Balaban J connectivity index is 2.19. The van der Waals surface area contributed by atoms with Gasteiger partial charge in [-0.05, 0) is 24.6 Å². The Kier molecular flexibility index (Phi) is 3.49. The highest BCUT2D eigenvalue weighted by atomic mass is 79.9. The number of amides is 1. The molecule has 86 valence electrons. The van der Waals surface area contributed by atoms with Gasteiger partial charge in [0.2, 0.25) is 5.91 Å². The molecule has 1 aliphatic heterocycles. The minimum absolute atomic E-state index is 0.238. The third-order valence-electron chi connectivity index (χ3n) is 2.78. The molecule has 2 rings (SSSR count). The van der Waals surface area contributed by atoms with Gasteiger partial charge in [-0.2, -0.15) is 0 Å². The summed E-state index contributed by atoms with van der Waals surface area (Å²) in [5.41, 5.74) is 1.05. The predicted octanol–water partition coefficient (Wildman–Crippen LogP) is 2.58. The summed E-state index contributed by atoms with van der Waals surface area (Å²) in [6.07, 6.45) is 1.64. The average Bonchev–Trinajstić information content (AvgIpc) is 2.65. The van der Waals surface area contributed by atoms with Crippen LogP contribution in [0.2, 0.25) is 0 Å². The monoisotopic (exact) mass is 283 g/mol. The van der Waals surface area contributed by atoms with Crippen molar-refractivity contribution >= 4 is 21.8 Å². The maximum atomic E-state index is 11.5. The first-order valence-electron chi connectivity index (χ1n) is 5.31. The van der Waals surface area contributed by atoms with Crippen LogP contribution in [0.5, 0.6) is 5.75 Å². The fourth-order valence-electron chi connectivity index (χ4n) is 1.95. The van der Waals surface area contributed by atoms with Crippen molar-refractivity contribution in [1.29, 1.82) is 0 Å². The normalized spacial score (nSPS) is 15.6. The predicted molar refractivity (Wildman–Crippen MR) is 65.3 cm³/mol. The molecule has 0 atom stereocenters. The van der Waals surface area contributed by atoms with Crippen LogP contribution >= 0.6 is 15.9 Å². The SMILES string of the molecule is COc1ccc(Br)cc1CN1CCCC1=O. The second-order valence-electron chi connectivity index (χ2n) is 3.88. The lowest BCUT2D eigenvalue weighted by Gasteiger charge is -2.17. The van der Waals surface area contributed by atoms with E-state index in [4.69, 9.17) is 4.74 Å². The Hall–Kier alpha value is -1.03. The highest BCUT2D eigenvalue weighted by Crippen LogP contribution is 2.25. The van der Waals surface area contributed by atoms with Gasteiger partial charge in [0.25, 0.3) is 0 Å². The molecule has 0 aromatic heterocycles. The maximum Gasteiger partial charge on any atom is 0.222 e. The molecule has 0 unspecified atom stereocenters. The van der Waals surface area contributed by atoms with Crippen molar-refractivity contribution in [2.75, 3.05) is 13.7 Å². The number of hydrogen-bond acceptors (Lipinski definition) is 2. The number of benzene rings is 1. The van der Waals surface area contributed by atoms with Gasteiger partial charge in [0, 0.05) is 29.5 Å². The molecule has 3 nitrogen and oxygen atoms in total. The van der Waals surface area contributed by atoms with Crippen molar-refractivity contribution in [3.05, 3.63) is 28.2 Å². The molecule has 1 aromatic carbocycles. The number of halogens is 1. The molecular weight excluding hydrogens is 270 g/mol. The van der Waals surface area contributed by atoms with Crippen molar-refractivity contribution in [3.63, 3.8) is 0 Å². The third-order valence-corrected chi connectivity index (χ3v) is 3.27. The van der Waals surface area contributed by atoms with E-state index in [0.717, 1.165) is 28.8 Å². The molecule has 0 N–H and O–H groups in total. The van der Waals surface area contributed by atoms with E-state index in [1.54, 1.807) is 7.11 Å². The topological polar surface area (TPSA) is 29.5 Å². The lowest BCUT2D eigenvalue weighted by atomic mass is 10.2. The number of methoxy groups -OCH3 is 1.